The number of carbonyl (C=O) groups is 3. The Morgan fingerprint density at radius 1 is 1.17 bits per heavy atom. The number of esters is 1. The molecule has 2 amide bonds. The monoisotopic (exact) mass is 316 g/mol. The maximum Gasteiger partial charge on any atom is 0.328 e. The average molecular weight is 316 g/mol. The second-order valence-electron chi connectivity index (χ2n) is 4.94. The van der Waals surface area contributed by atoms with Crippen LogP contribution in [0.4, 0.5) is 0 Å². The van der Waals surface area contributed by atoms with Gasteiger partial charge >= 0.3 is 5.97 Å². The normalized spacial score (nSPS) is 12.4. The van der Waals surface area contributed by atoms with E-state index < -0.39 is 24.0 Å². The van der Waals surface area contributed by atoms with Gasteiger partial charge in [-0.2, -0.15) is 0 Å². The number of hydrogen-bond donors (Lipinski definition) is 2. The molecule has 1 aromatic carbocycles. The lowest BCUT2D eigenvalue weighted by Gasteiger charge is -2.20. The Morgan fingerprint density at radius 2 is 1.83 bits per heavy atom. The van der Waals surface area contributed by atoms with Crippen LogP contribution in [0, 0.1) is 12.3 Å². The third kappa shape index (κ3) is 6.22. The molecular weight excluding hydrogens is 296 g/mol. The quantitative estimate of drug-likeness (QED) is 0.564. The highest BCUT2D eigenvalue weighted by molar-refractivity contribution is 5.90. The van der Waals surface area contributed by atoms with Gasteiger partial charge in [0, 0.05) is 19.8 Å². The van der Waals surface area contributed by atoms with Crippen LogP contribution in [0.5, 0.6) is 0 Å². The molecule has 0 bridgehead atoms. The highest BCUT2D eigenvalue weighted by Gasteiger charge is 2.26. The van der Waals surface area contributed by atoms with Crippen molar-refractivity contribution < 1.29 is 19.1 Å². The summed E-state index contributed by atoms with van der Waals surface area (Å²) in [6.45, 7) is 1.29. The molecule has 0 spiro atoms. The third-order valence-corrected chi connectivity index (χ3v) is 3.10. The van der Waals surface area contributed by atoms with E-state index in [4.69, 9.17) is 11.2 Å². The summed E-state index contributed by atoms with van der Waals surface area (Å²) in [4.78, 5) is 35.3. The zero-order chi connectivity index (χ0) is 17.2. The van der Waals surface area contributed by atoms with Gasteiger partial charge in [-0.1, -0.05) is 30.3 Å². The highest BCUT2D eigenvalue weighted by atomic mass is 16.5. The van der Waals surface area contributed by atoms with E-state index in [2.05, 4.69) is 16.6 Å². The SMILES string of the molecule is C#CC[C@H](NC(C)=O)C(=O)N[C@@H](Cc1ccccc1)C(=O)OC. The van der Waals surface area contributed by atoms with Crippen LogP contribution in [-0.4, -0.2) is 37.0 Å². The topological polar surface area (TPSA) is 84.5 Å². The Balaban J connectivity index is 2.83. The minimum absolute atomic E-state index is 0.0324. The molecule has 0 aliphatic heterocycles. The molecule has 0 unspecified atom stereocenters. The molecule has 2 atom stereocenters. The fraction of sp³-hybridized carbons (Fsp3) is 0.353. The van der Waals surface area contributed by atoms with Crippen LogP contribution < -0.4 is 10.6 Å². The fourth-order valence-corrected chi connectivity index (χ4v) is 2.03. The van der Waals surface area contributed by atoms with E-state index in [1.54, 1.807) is 0 Å². The molecule has 23 heavy (non-hydrogen) atoms. The molecule has 122 valence electrons. The van der Waals surface area contributed by atoms with E-state index in [9.17, 15) is 14.4 Å². The number of nitrogens with one attached hydrogen (secondary N) is 2. The zero-order valence-corrected chi connectivity index (χ0v) is 13.2. The van der Waals surface area contributed by atoms with Crippen LogP contribution in [0.25, 0.3) is 0 Å². The van der Waals surface area contributed by atoms with Crippen molar-refractivity contribution in [2.75, 3.05) is 7.11 Å². The van der Waals surface area contributed by atoms with Gasteiger partial charge in [0.15, 0.2) is 0 Å². The molecule has 1 aromatic rings. The summed E-state index contributed by atoms with van der Waals surface area (Å²) < 4.78 is 4.72. The maximum atomic E-state index is 12.3. The maximum absolute atomic E-state index is 12.3. The average Bonchev–Trinajstić information content (AvgIpc) is 2.53. The van der Waals surface area contributed by atoms with Crippen LogP contribution in [0.3, 0.4) is 0 Å². The lowest BCUT2D eigenvalue weighted by molar-refractivity contribution is -0.145. The summed E-state index contributed by atoms with van der Waals surface area (Å²) in [6.07, 6.45) is 5.52. The van der Waals surface area contributed by atoms with Gasteiger partial charge in [0.25, 0.3) is 0 Å². The Labute approximate surface area is 135 Å². The summed E-state index contributed by atoms with van der Waals surface area (Å²) in [7, 11) is 1.25. The predicted octanol–water partition coefficient (Wildman–Crippen LogP) is 0.415. The molecule has 0 saturated carbocycles. The first-order valence-electron chi connectivity index (χ1n) is 7.10. The Morgan fingerprint density at radius 3 is 2.35 bits per heavy atom. The van der Waals surface area contributed by atoms with Crippen molar-refractivity contribution in [3.05, 3.63) is 35.9 Å². The van der Waals surface area contributed by atoms with E-state index in [-0.39, 0.29) is 18.7 Å². The summed E-state index contributed by atoms with van der Waals surface area (Å²) in [5, 5.41) is 5.04. The van der Waals surface area contributed by atoms with Crippen LogP contribution >= 0.6 is 0 Å². The summed E-state index contributed by atoms with van der Waals surface area (Å²) in [6, 6.07) is 7.47. The molecule has 1 rings (SSSR count). The molecule has 0 aliphatic carbocycles. The van der Waals surface area contributed by atoms with Crippen molar-refractivity contribution >= 4 is 17.8 Å². The number of methoxy groups -OCH3 is 1. The molecule has 0 aliphatic rings. The lowest BCUT2D eigenvalue weighted by Crippen LogP contribution is -2.52. The van der Waals surface area contributed by atoms with Crippen LogP contribution in [0.15, 0.2) is 30.3 Å². The number of rotatable bonds is 7. The van der Waals surface area contributed by atoms with E-state index in [0.717, 1.165) is 5.56 Å². The molecule has 0 radical (unpaired) electrons. The van der Waals surface area contributed by atoms with Crippen molar-refractivity contribution in [2.24, 2.45) is 0 Å². The van der Waals surface area contributed by atoms with Gasteiger partial charge in [-0.3, -0.25) is 9.59 Å². The first-order valence-corrected chi connectivity index (χ1v) is 7.10. The molecule has 6 nitrogen and oxygen atoms in total. The van der Waals surface area contributed by atoms with Crippen molar-refractivity contribution in [1.29, 1.82) is 0 Å². The number of carbonyl (C=O) groups excluding carboxylic acids is 3. The largest absolute Gasteiger partial charge is 0.467 e. The minimum atomic E-state index is -0.888. The molecule has 0 aromatic heterocycles. The minimum Gasteiger partial charge on any atom is -0.467 e. The van der Waals surface area contributed by atoms with Crippen LogP contribution in [0.2, 0.25) is 0 Å². The summed E-state index contributed by atoms with van der Waals surface area (Å²) >= 11 is 0. The van der Waals surface area contributed by atoms with Crippen molar-refractivity contribution in [1.82, 2.24) is 10.6 Å². The summed E-state index contributed by atoms with van der Waals surface area (Å²) in [5.41, 5.74) is 0.872. The molecule has 2 N–H and O–H groups in total. The third-order valence-electron chi connectivity index (χ3n) is 3.10. The number of hydrogen-bond acceptors (Lipinski definition) is 4. The standard InChI is InChI=1S/C17H20N2O4/c1-4-8-14(18-12(2)20)16(21)19-15(17(22)23-3)11-13-9-6-5-7-10-13/h1,5-7,9-10,14-15H,8,11H2,2-3H3,(H,18,20)(H,19,21)/t14-,15-/m0/s1. The first kappa shape index (κ1) is 18.2. The van der Waals surface area contributed by atoms with Gasteiger partial charge in [0.05, 0.1) is 7.11 Å². The highest BCUT2D eigenvalue weighted by Crippen LogP contribution is 2.05. The van der Waals surface area contributed by atoms with Crippen molar-refractivity contribution in [2.45, 2.75) is 31.8 Å². The lowest BCUT2D eigenvalue weighted by atomic mass is 10.1. The number of benzene rings is 1. The van der Waals surface area contributed by atoms with E-state index >= 15 is 0 Å². The van der Waals surface area contributed by atoms with E-state index in [1.807, 2.05) is 30.3 Å². The van der Waals surface area contributed by atoms with Gasteiger partial charge in [-0.15, -0.1) is 12.3 Å². The Hall–Kier alpha value is -2.81. The van der Waals surface area contributed by atoms with Gasteiger partial charge in [-0.05, 0) is 5.56 Å². The van der Waals surface area contributed by atoms with Crippen molar-refractivity contribution in [3.8, 4) is 12.3 Å². The zero-order valence-electron chi connectivity index (χ0n) is 13.2. The van der Waals surface area contributed by atoms with Gasteiger partial charge in [-0.25, -0.2) is 4.79 Å². The Kier molecular flexibility index (Phi) is 7.34. The van der Waals surface area contributed by atoms with E-state index in [1.165, 1.54) is 14.0 Å². The Bertz CT molecular complexity index is 592. The van der Waals surface area contributed by atoms with Gasteiger partial charge in [0.1, 0.15) is 12.1 Å². The molecular formula is C17H20N2O4. The van der Waals surface area contributed by atoms with E-state index in [0.29, 0.717) is 0 Å². The predicted molar refractivity (Wildman–Crippen MR) is 85.1 cm³/mol. The first-order chi connectivity index (χ1) is 11.0. The molecule has 0 saturated heterocycles. The second kappa shape index (κ2) is 9.26. The molecule has 6 heteroatoms. The number of terminal acetylenes is 1. The molecule has 0 heterocycles. The van der Waals surface area contributed by atoms with Crippen LogP contribution in [0.1, 0.15) is 18.9 Å². The smallest absolute Gasteiger partial charge is 0.328 e. The fourth-order valence-electron chi connectivity index (χ4n) is 2.03. The van der Waals surface area contributed by atoms with Gasteiger partial charge < -0.3 is 15.4 Å². The number of ether oxygens (including phenoxy) is 1. The second-order valence-corrected chi connectivity index (χ2v) is 4.94. The molecule has 0 fully saturated rings. The number of amides is 2. The van der Waals surface area contributed by atoms with Crippen molar-refractivity contribution in [3.63, 3.8) is 0 Å². The summed E-state index contributed by atoms with van der Waals surface area (Å²) in [5.74, 6) is 0.863. The van der Waals surface area contributed by atoms with Crippen LogP contribution in [-0.2, 0) is 25.5 Å². The van der Waals surface area contributed by atoms with Gasteiger partial charge in [0.2, 0.25) is 11.8 Å².